The lowest BCUT2D eigenvalue weighted by Gasteiger charge is -2.21. The van der Waals surface area contributed by atoms with E-state index in [0.717, 1.165) is 55.6 Å². The van der Waals surface area contributed by atoms with E-state index in [1.165, 1.54) is 4.80 Å². The molecule has 9 heteroatoms. The molecule has 1 aromatic heterocycles. The van der Waals surface area contributed by atoms with Crippen LogP contribution in [0, 0.1) is 0 Å². The van der Waals surface area contributed by atoms with Crippen LogP contribution in [0.2, 0.25) is 0 Å². The second-order valence-electron chi connectivity index (χ2n) is 10.7. The average molecular weight is 584 g/mol. The van der Waals surface area contributed by atoms with Gasteiger partial charge in [0.1, 0.15) is 16.7 Å². The van der Waals surface area contributed by atoms with Crippen LogP contribution in [0.1, 0.15) is 64.4 Å². The normalized spacial score (nSPS) is 14.9. The summed E-state index contributed by atoms with van der Waals surface area (Å²) in [4.78, 5) is 26.5. The van der Waals surface area contributed by atoms with Crippen LogP contribution >= 0.6 is 0 Å². The van der Waals surface area contributed by atoms with Crippen LogP contribution in [-0.2, 0) is 30.2 Å². The van der Waals surface area contributed by atoms with Crippen molar-refractivity contribution in [2.75, 3.05) is 6.61 Å². The maximum Gasteiger partial charge on any atom is 0.338 e. The molecule has 2 aliphatic rings. The van der Waals surface area contributed by atoms with E-state index in [1.807, 2.05) is 42.5 Å². The van der Waals surface area contributed by atoms with Crippen LogP contribution in [0.4, 0.5) is 0 Å². The van der Waals surface area contributed by atoms with Gasteiger partial charge in [0.25, 0.3) is 0 Å². The van der Waals surface area contributed by atoms with Gasteiger partial charge >= 0.3 is 11.9 Å². The van der Waals surface area contributed by atoms with Crippen molar-refractivity contribution in [3.8, 4) is 11.4 Å². The molecule has 0 bridgehead atoms. The summed E-state index contributed by atoms with van der Waals surface area (Å²) in [5, 5.41) is 9.08. The number of fused-ring (bicyclic) bond motifs is 1. The van der Waals surface area contributed by atoms with Crippen LogP contribution in [0.15, 0.2) is 89.9 Å². The molecule has 0 unspecified atom stereocenters. The fourth-order valence-corrected chi connectivity index (χ4v) is 4.80. The van der Waals surface area contributed by atoms with Crippen molar-refractivity contribution in [2.45, 2.75) is 71.5 Å². The van der Waals surface area contributed by atoms with Crippen LogP contribution < -0.4 is 4.74 Å². The fraction of sp³-hybridized carbons (Fsp3) is 0.353. The number of aromatic nitrogens is 3. The molecule has 2 aromatic carbocycles. The highest BCUT2D eigenvalue weighted by Crippen LogP contribution is 2.27. The van der Waals surface area contributed by atoms with Crippen molar-refractivity contribution < 1.29 is 28.5 Å². The van der Waals surface area contributed by atoms with E-state index < -0.39 is 18.2 Å². The Balaban J connectivity index is 1.22. The Morgan fingerprint density at radius 2 is 1.60 bits per heavy atom. The van der Waals surface area contributed by atoms with Gasteiger partial charge in [-0.2, -0.15) is 0 Å². The third-order valence-electron chi connectivity index (χ3n) is 7.20. The zero-order chi connectivity index (χ0) is 30.2. The zero-order valence-corrected chi connectivity index (χ0v) is 24.7. The van der Waals surface area contributed by atoms with Gasteiger partial charge in [-0.25, -0.2) is 9.59 Å². The van der Waals surface area contributed by atoms with Gasteiger partial charge in [-0.15, -0.1) is 15.0 Å². The zero-order valence-electron chi connectivity index (χ0n) is 24.7. The van der Waals surface area contributed by atoms with Gasteiger partial charge in [0.2, 0.25) is 6.29 Å². The first-order valence-corrected chi connectivity index (χ1v) is 14.7. The summed E-state index contributed by atoms with van der Waals surface area (Å²) in [5.41, 5.74) is 3.54. The minimum atomic E-state index is -0.542. The second kappa shape index (κ2) is 14.0. The van der Waals surface area contributed by atoms with E-state index in [9.17, 15) is 9.59 Å². The molecule has 2 aliphatic carbocycles. The van der Waals surface area contributed by atoms with Crippen LogP contribution in [0.5, 0.6) is 5.75 Å². The lowest BCUT2D eigenvalue weighted by Crippen LogP contribution is -2.16. The molecule has 1 heterocycles. The Kier molecular flexibility index (Phi) is 9.71. The number of hydrogen-bond acceptors (Lipinski definition) is 8. The monoisotopic (exact) mass is 583 g/mol. The van der Waals surface area contributed by atoms with Gasteiger partial charge < -0.3 is 18.9 Å². The maximum absolute atomic E-state index is 12.8. The summed E-state index contributed by atoms with van der Waals surface area (Å²) < 4.78 is 23.4. The fourth-order valence-electron chi connectivity index (χ4n) is 4.80. The van der Waals surface area contributed by atoms with Crippen LogP contribution in [0.25, 0.3) is 16.7 Å². The van der Waals surface area contributed by atoms with Gasteiger partial charge in [0.15, 0.2) is 5.75 Å². The van der Waals surface area contributed by atoms with Crippen molar-refractivity contribution in [3.63, 3.8) is 0 Å². The topological polar surface area (TPSA) is 102 Å². The summed E-state index contributed by atoms with van der Waals surface area (Å²) in [6.45, 7) is 7.15. The third kappa shape index (κ3) is 8.00. The molecule has 0 saturated heterocycles. The molecule has 0 N–H and O–H groups in total. The number of hydrogen-bond donors (Lipinski definition) is 0. The van der Waals surface area contributed by atoms with E-state index in [4.69, 9.17) is 18.9 Å². The Hall–Kier alpha value is -4.66. The molecule has 0 atom stereocenters. The molecule has 5 rings (SSSR count). The number of rotatable bonds is 13. The Labute approximate surface area is 251 Å². The number of benzene rings is 2. The quantitative estimate of drug-likeness (QED) is 0.0935. The summed E-state index contributed by atoms with van der Waals surface area (Å²) in [6, 6.07) is 12.8. The van der Waals surface area contributed by atoms with Crippen molar-refractivity contribution in [3.05, 3.63) is 95.5 Å². The van der Waals surface area contributed by atoms with Crippen molar-refractivity contribution in [1.82, 2.24) is 15.0 Å². The molecule has 43 heavy (non-hydrogen) atoms. The SMILES string of the molecule is C=C(C)C(=O)Oc1ccc(CCOC(=O)C(C)=CCC(OC2=CCCC2)OC2=CCCC2)cc1-n1nc2ccccc2n1. The number of carbonyl (C=O) groups is 2. The summed E-state index contributed by atoms with van der Waals surface area (Å²) in [5.74, 6) is 1.27. The lowest BCUT2D eigenvalue weighted by molar-refractivity contribution is -0.139. The van der Waals surface area contributed by atoms with Gasteiger partial charge in [0, 0.05) is 36.8 Å². The number of ether oxygens (including phenoxy) is 4. The van der Waals surface area contributed by atoms with E-state index >= 15 is 0 Å². The molecule has 0 spiro atoms. The second-order valence-corrected chi connectivity index (χ2v) is 10.7. The molecular formula is C34H37N3O6. The smallest absolute Gasteiger partial charge is 0.338 e. The first kappa shape index (κ1) is 29.8. The number of nitrogens with zero attached hydrogens (tertiary/aromatic N) is 3. The van der Waals surface area contributed by atoms with Gasteiger partial charge in [0.05, 0.1) is 18.1 Å². The maximum atomic E-state index is 12.8. The highest BCUT2D eigenvalue weighted by atomic mass is 16.7. The number of esters is 2. The van der Waals surface area contributed by atoms with E-state index in [-0.39, 0.29) is 12.2 Å². The average Bonchev–Trinajstić information content (AvgIpc) is 3.79. The molecule has 0 amide bonds. The highest BCUT2D eigenvalue weighted by Gasteiger charge is 2.19. The lowest BCUT2D eigenvalue weighted by atomic mass is 10.1. The molecule has 3 aromatic rings. The van der Waals surface area contributed by atoms with Crippen molar-refractivity contribution in [1.29, 1.82) is 0 Å². The Morgan fingerprint density at radius 1 is 0.953 bits per heavy atom. The van der Waals surface area contributed by atoms with E-state index in [1.54, 1.807) is 19.9 Å². The minimum absolute atomic E-state index is 0.166. The first-order chi connectivity index (χ1) is 20.9. The molecule has 0 fully saturated rings. The van der Waals surface area contributed by atoms with E-state index in [0.29, 0.717) is 40.9 Å². The highest BCUT2D eigenvalue weighted by molar-refractivity contribution is 5.89. The van der Waals surface area contributed by atoms with E-state index in [2.05, 4.69) is 28.9 Å². The van der Waals surface area contributed by atoms with Crippen LogP contribution in [0.3, 0.4) is 0 Å². The molecule has 0 radical (unpaired) electrons. The number of carbonyl (C=O) groups excluding carboxylic acids is 2. The summed E-state index contributed by atoms with van der Waals surface area (Å²) in [6.07, 6.45) is 12.5. The van der Waals surface area contributed by atoms with Crippen molar-refractivity contribution >= 4 is 23.0 Å². The standard InChI is InChI=1S/C34H37N3O6/c1-23(2)33(38)43-31-18-17-25(22-30(31)37-35-28-14-8-9-15-29(28)36-37)20-21-40-34(39)24(3)16-19-32(41-26-10-4-5-11-26)42-27-12-6-7-13-27/h8-10,12,14-18,22,32H,1,4-7,11,13,19-21H2,2-3H3. The first-order valence-electron chi connectivity index (χ1n) is 14.7. The Morgan fingerprint density at radius 3 is 2.19 bits per heavy atom. The molecule has 0 aliphatic heterocycles. The van der Waals surface area contributed by atoms with Crippen molar-refractivity contribution in [2.24, 2.45) is 0 Å². The summed E-state index contributed by atoms with van der Waals surface area (Å²) in [7, 11) is 0. The van der Waals surface area contributed by atoms with Gasteiger partial charge in [-0.1, -0.05) is 30.9 Å². The molecule has 0 saturated carbocycles. The largest absolute Gasteiger partial charge is 0.462 e. The molecular weight excluding hydrogens is 546 g/mol. The predicted octanol–water partition coefficient (Wildman–Crippen LogP) is 6.82. The third-order valence-corrected chi connectivity index (χ3v) is 7.20. The van der Waals surface area contributed by atoms with Gasteiger partial charge in [-0.3, -0.25) is 0 Å². The minimum Gasteiger partial charge on any atom is -0.462 e. The molecule has 9 nitrogen and oxygen atoms in total. The Bertz CT molecular complexity index is 1540. The predicted molar refractivity (Wildman–Crippen MR) is 162 cm³/mol. The number of allylic oxidation sites excluding steroid dienone is 4. The summed E-state index contributed by atoms with van der Waals surface area (Å²) >= 11 is 0. The van der Waals surface area contributed by atoms with Crippen LogP contribution in [-0.4, -0.2) is 39.8 Å². The molecule has 224 valence electrons. The van der Waals surface area contributed by atoms with Gasteiger partial charge in [-0.05, 0) is 81.5 Å².